The van der Waals surface area contributed by atoms with Gasteiger partial charge in [-0.25, -0.2) is 0 Å². The summed E-state index contributed by atoms with van der Waals surface area (Å²) in [5, 5.41) is 2.90. The third-order valence-electron chi connectivity index (χ3n) is 6.46. The zero-order valence-electron chi connectivity index (χ0n) is 14.7. The van der Waals surface area contributed by atoms with Gasteiger partial charge in [-0.2, -0.15) is 0 Å². The van der Waals surface area contributed by atoms with Gasteiger partial charge in [0.2, 0.25) is 17.7 Å². The summed E-state index contributed by atoms with van der Waals surface area (Å²) in [6, 6.07) is 5.77. The third kappa shape index (κ3) is 2.57. The highest BCUT2D eigenvalue weighted by Crippen LogP contribution is 2.56. The van der Waals surface area contributed by atoms with Gasteiger partial charge >= 0.3 is 0 Å². The van der Waals surface area contributed by atoms with E-state index in [0.29, 0.717) is 11.8 Å². The summed E-state index contributed by atoms with van der Waals surface area (Å²) in [7, 11) is 0. The Morgan fingerprint density at radius 3 is 2.40 bits per heavy atom. The summed E-state index contributed by atoms with van der Waals surface area (Å²) in [5.41, 5.74) is 2.94. The van der Waals surface area contributed by atoms with Crippen LogP contribution in [0.1, 0.15) is 36.8 Å². The van der Waals surface area contributed by atoms with Crippen molar-refractivity contribution >= 4 is 23.4 Å². The molecule has 0 radical (unpaired) electrons. The Morgan fingerprint density at radius 2 is 1.76 bits per heavy atom. The maximum atomic E-state index is 12.6. The van der Waals surface area contributed by atoms with Gasteiger partial charge in [0.1, 0.15) is 0 Å². The highest BCUT2D eigenvalue weighted by atomic mass is 16.2. The number of anilines is 1. The minimum absolute atomic E-state index is 0.0401. The number of carbonyl (C=O) groups is 3. The van der Waals surface area contributed by atoms with Crippen LogP contribution in [0.15, 0.2) is 18.2 Å². The molecule has 1 heterocycles. The molecule has 5 nitrogen and oxygen atoms in total. The minimum atomic E-state index is -0.158. The summed E-state index contributed by atoms with van der Waals surface area (Å²) in [6.45, 7) is 4.16. The molecular weight excluding hydrogens is 316 g/mol. The second-order valence-electron chi connectivity index (χ2n) is 7.76. The summed E-state index contributed by atoms with van der Waals surface area (Å²) < 4.78 is 0. The lowest BCUT2D eigenvalue weighted by Crippen LogP contribution is -2.35. The van der Waals surface area contributed by atoms with E-state index in [1.165, 1.54) is 4.90 Å². The highest BCUT2D eigenvalue weighted by molar-refractivity contribution is 6.06. The maximum absolute atomic E-state index is 12.6. The van der Waals surface area contributed by atoms with Gasteiger partial charge in [0.25, 0.3) is 0 Å². The smallest absolute Gasteiger partial charge is 0.233 e. The summed E-state index contributed by atoms with van der Waals surface area (Å²) in [6.07, 6.45) is 3.34. The number of imide groups is 1. The number of likely N-dealkylation sites (tertiary alicyclic amines) is 1. The second kappa shape index (κ2) is 5.97. The largest absolute Gasteiger partial charge is 0.326 e. The molecular formula is C20H24N2O3. The number of hydrogen-bond donors (Lipinski definition) is 1. The molecule has 1 aliphatic heterocycles. The van der Waals surface area contributed by atoms with E-state index in [0.717, 1.165) is 36.1 Å². The van der Waals surface area contributed by atoms with Gasteiger partial charge in [0, 0.05) is 18.7 Å². The molecule has 1 N–H and O–H groups in total. The Kier molecular flexibility index (Phi) is 3.89. The number of nitrogens with one attached hydrogen (secondary N) is 1. The number of amides is 3. The Morgan fingerprint density at radius 1 is 1.12 bits per heavy atom. The molecule has 2 saturated carbocycles. The van der Waals surface area contributed by atoms with Gasteiger partial charge in [-0.1, -0.05) is 12.1 Å². The number of nitrogens with zero attached hydrogens (tertiary/aromatic N) is 1. The molecule has 132 valence electrons. The lowest BCUT2D eigenvalue weighted by atomic mass is 9.81. The topological polar surface area (TPSA) is 66.5 Å². The van der Waals surface area contributed by atoms with Crippen LogP contribution in [-0.4, -0.2) is 29.2 Å². The van der Waals surface area contributed by atoms with Crippen molar-refractivity contribution in [1.29, 1.82) is 0 Å². The predicted molar refractivity (Wildman–Crippen MR) is 93.7 cm³/mol. The maximum Gasteiger partial charge on any atom is 0.233 e. The third-order valence-corrected chi connectivity index (χ3v) is 6.46. The number of aryl methyl sites for hydroxylation is 1. The Balaban J connectivity index is 1.38. The van der Waals surface area contributed by atoms with Crippen molar-refractivity contribution in [1.82, 2.24) is 4.90 Å². The first kappa shape index (κ1) is 16.3. The zero-order chi connectivity index (χ0) is 17.7. The highest BCUT2D eigenvalue weighted by Gasteiger charge is 2.60. The fraction of sp³-hybridized carbons (Fsp3) is 0.550. The lowest BCUT2D eigenvalue weighted by Gasteiger charge is -2.19. The number of carbonyl (C=O) groups excluding carboxylic acids is 3. The van der Waals surface area contributed by atoms with Crippen molar-refractivity contribution in [2.45, 2.75) is 39.5 Å². The average Bonchev–Trinajstić information content (AvgIpc) is 3.25. The van der Waals surface area contributed by atoms with Crippen LogP contribution >= 0.6 is 0 Å². The molecule has 3 aliphatic rings. The van der Waals surface area contributed by atoms with E-state index >= 15 is 0 Å². The average molecular weight is 340 g/mol. The fourth-order valence-electron chi connectivity index (χ4n) is 5.00. The molecule has 3 amide bonds. The molecule has 1 saturated heterocycles. The van der Waals surface area contributed by atoms with Crippen LogP contribution in [0, 0.1) is 37.5 Å². The molecule has 5 heteroatoms. The molecule has 2 aliphatic carbocycles. The summed E-state index contributed by atoms with van der Waals surface area (Å²) >= 11 is 0. The normalized spacial score (nSPS) is 30.1. The van der Waals surface area contributed by atoms with Gasteiger partial charge < -0.3 is 5.32 Å². The van der Waals surface area contributed by atoms with Crippen LogP contribution in [-0.2, 0) is 14.4 Å². The Bertz CT molecular complexity index is 729. The first-order valence-corrected chi connectivity index (χ1v) is 9.18. The van der Waals surface area contributed by atoms with E-state index in [1.807, 2.05) is 32.0 Å². The molecule has 4 rings (SSSR count). The molecule has 0 aromatic heterocycles. The standard InChI is InChI=1S/C20H24N2O3/c1-11-4-3-5-15(12(11)2)21-16(23)8-9-22-19(24)17-13-6-7-14(10-13)18(17)20(22)25/h3-5,13-14,17-18H,6-10H2,1-2H3,(H,21,23)/t13-,14+,17-,18-/m0/s1. The zero-order valence-corrected chi connectivity index (χ0v) is 14.7. The lowest BCUT2D eigenvalue weighted by molar-refractivity contribution is -0.140. The Hall–Kier alpha value is -2.17. The van der Waals surface area contributed by atoms with E-state index in [-0.39, 0.29) is 42.5 Å². The van der Waals surface area contributed by atoms with E-state index in [9.17, 15) is 14.4 Å². The molecule has 0 spiro atoms. The van der Waals surface area contributed by atoms with E-state index < -0.39 is 0 Å². The van der Waals surface area contributed by atoms with Crippen LogP contribution in [0.3, 0.4) is 0 Å². The van der Waals surface area contributed by atoms with Crippen LogP contribution in [0.4, 0.5) is 5.69 Å². The van der Waals surface area contributed by atoms with E-state index in [1.54, 1.807) is 0 Å². The molecule has 4 atom stereocenters. The fourth-order valence-corrected chi connectivity index (χ4v) is 5.00. The molecule has 25 heavy (non-hydrogen) atoms. The predicted octanol–water partition coefficient (Wildman–Crippen LogP) is 2.66. The van der Waals surface area contributed by atoms with Gasteiger partial charge in [0.15, 0.2) is 0 Å². The number of rotatable bonds is 4. The van der Waals surface area contributed by atoms with Crippen molar-refractivity contribution in [2.24, 2.45) is 23.7 Å². The first-order chi connectivity index (χ1) is 12.0. The van der Waals surface area contributed by atoms with Gasteiger partial charge in [0.05, 0.1) is 11.8 Å². The minimum Gasteiger partial charge on any atom is -0.326 e. The molecule has 0 unspecified atom stereocenters. The molecule has 1 aromatic carbocycles. The molecule has 3 fully saturated rings. The quantitative estimate of drug-likeness (QED) is 0.857. The number of fused-ring (bicyclic) bond motifs is 5. The summed E-state index contributed by atoms with van der Waals surface area (Å²) in [5.74, 6) is 0.333. The van der Waals surface area contributed by atoms with Gasteiger partial charge in [-0.05, 0) is 62.1 Å². The second-order valence-corrected chi connectivity index (χ2v) is 7.76. The van der Waals surface area contributed by atoms with E-state index in [2.05, 4.69) is 5.32 Å². The van der Waals surface area contributed by atoms with Gasteiger partial charge in [-0.3, -0.25) is 19.3 Å². The SMILES string of the molecule is Cc1cccc(NC(=O)CCN2C(=O)[C@H]3[C@@H]4CC[C@@H](C4)[C@@H]3C2=O)c1C. The van der Waals surface area contributed by atoms with Gasteiger partial charge in [-0.15, -0.1) is 0 Å². The number of hydrogen-bond acceptors (Lipinski definition) is 3. The van der Waals surface area contributed by atoms with Crippen LogP contribution < -0.4 is 5.32 Å². The monoisotopic (exact) mass is 340 g/mol. The van der Waals surface area contributed by atoms with Crippen LogP contribution in [0.2, 0.25) is 0 Å². The van der Waals surface area contributed by atoms with Crippen molar-refractivity contribution < 1.29 is 14.4 Å². The Labute approximate surface area is 147 Å². The summed E-state index contributed by atoms with van der Waals surface area (Å²) in [4.78, 5) is 38.9. The molecule has 2 bridgehead atoms. The van der Waals surface area contributed by atoms with E-state index in [4.69, 9.17) is 0 Å². The van der Waals surface area contributed by atoms with Crippen LogP contribution in [0.25, 0.3) is 0 Å². The van der Waals surface area contributed by atoms with Crippen molar-refractivity contribution in [3.8, 4) is 0 Å². The first-order valence-electron chi connectivity index (χ1n) is 9.18. The van der Waals surface area contributed by atoms with Crippen molar-refractivity contribution in [3.05, 3.63) is 29.3 Å². The van der Waals surface area contributed by atoms with Crippen molar-refractivity contribution in [2.75, 3.05) is 11.9 Å². The molecule has 1 aromatic rings. The van der Waals surface area contributed by atoms with Crippen LogP contribution in [0.5, 0.6) is 0 Å². The van der Waals surface area contributed by atoms with Crippen molar-refractivity contribution in [3.63, 3.8) is 0 Å². The number of benzene rings is 1.